The standard InChI is InChI=1S/C21H30N4O3/c1-25(2)18(16-7-9-17(26-3)10-8-16)14-24-21(22)23-13-15-6-11-19(27-4)20(12-15)28-5/h6-12,18H,13-14H2,1-5H3,(H3,22,23,24). The fourth-order valence-corrected chi connectivity index (χ4v) is 2.84. The zero-order valence-corrected chi connectivity index (χ0v) is 17.2. The number of rotatable bonds is 9. The molecule has 152 valence electrons. The molecule has 7 heteroatoms. The van der Waals surface area contributed by atoms with Gasteiger partial charge in [-0.15, -0.1) is 0 Å². The summed E-state index contributed by atoms with van der Waals surface area (Å²) in [7, 11) is 8.96. The van der Waals surface area contributed by atoms with Crippen molar-refractivity contribution in [1.29, 1.82) is 0 Å². The van der Waals surface area contributed by atoms with E-state index in [0.29, 0.717) is 30.5 Å². The third kappa shape index (κ3) is 5.79. The summed E-state index contributed by atoms with van der Waals surface area (Å²) in [6.45, 7) is 1.09. The Morgan fingerprint density at radius 1 is 1.00 bits per heavy atom. The first kappa shape index (κ1) is 21.4. The molecule has 1 unspecified atom stereocenters. The van der Waals surface area contributed by atoms with Crippen LogP contribution in [0.5, 0.6) is 17.2 Å². The van der Waals surface area contributed by atoms with Gasteiger partial charge in [0.15, 0.2) is 17.5 Å². The number of methoxy groups -OCH3 is 3. The van der Waals surface area contributed by atoms with E-state index in [0.717, 1.165) is 11.3 Å². The SMILES string of the molecule is COc1ccc(C(CNC(N)=NCc2ccc(OC)c(OC)c2)N(C)C)cc1. The monoisotopic (exact) mass is 386 g/mol. The molecule has 0 fully saturated rings. The number of likely N-dealkylation sites (N-methyl/N-ethyl adjacent to an activating group) is 1. The summed E-state index contributed by atoms with van der Waals surface area (Å²) in [4.78, 5) is 6.56. The van der Waals surface area contributed by atoms with Crippen LogP contribution in [0.15, 0.2) is 47.5 Å². The molecule has 0 aliphatic heterocycles. The van der Waals surface area contributed by atoms with Gasteiger partial charge in [-0.05, 0) is 49.5 Å². The van der Waals surface area contributed by atoms with Gasteiger partial charge in [-0.25, -0.2) is 4.99 Å². The van der Waals surface area contributed by atoms with Gasteiger partial charge < -0.3 is 30.2 Å². The number of hydrogen-bond donors (Lipinski definition) is 2. The van der Waals surface area contributed by atoms with Gasteiger partial charge in [0.05, 0.1) is 33.9 Å². The van der Waals surface area contributed by atoms with Crippen molar-refractivity contribution in [3.8, 4) is 17.2 Å². The summed E-state index contributed by atoms with van der Waals surface area (Å²) < 4.78 is 15.8. The summed E-state index contributed by atoms with van der Waals surface area (Å²) in [5, 5.41) is 3.21. The third-order valence-electron chi connectivity index (χ3n) is 4.48. The second-order valence-corrected chi connectivity index (χ2v) is 6.52. The van der Waals surface area contributed by atoms with E-state index >= 15 is 0 Å². The molecule has 0 amide bonds. The van der Waals surface area contributed by atoms with Crippen LogP contribution < -0.4 is 25.3 Å². The number of guanidine groups is 1. The lowest BCUT2D eigenvalue weighted by atomic mass is 10.1. The lowest BCUT2D eigenvalue weighted by molar-refractivity contribution is 0.298. The van der Waals surface area contributed by atoms with Crippen molar-refractivity contribution < 1.29 is 14.2 Å². The van der Waals surface area contributed by atoms with E-state index in [2.05, 4.69) is 27.3 Å². The van der Waals surface area contributed by atoms with Gasteiger partial charge >= 0.3 is 0 Å². The van der Waals surface area contributed by atoms with E-state index < -0.39 is 0 Å². The first-order chi connectivity index (χ1) is 13.5. The summed E-state index contributed by atoms with van der Waals surface area (Å²) in [6, 6.07) is 13.9. The summed E-state index contributed by atoms with van der Waals surface area (Å²) in [5.41, 5.74) is 8.22. The van der Waals surface area contributed by atoms with Crippen LogP contribution in [-0.2, 0) is 6.54 Å². The molecule has 0 saturated heterocycles. The molecule has 7 nitrogen and oxygen atoms in total. The maximum atomic E-state index is 6.06. The topological polar surface area (TPSA) is 81.3 Å². The highest BCUT2D eigenvalue weighted by molar-refractivity contribution is 5.77. The Morgan fingerprint density at radius 3 is 2.25 bits per heavy atom. The van der Waals surface area contributed by atoms with Crippen LogP contribution in [0.4, 0.5) is 0 Å². The Balaban J connectivity index is 1.99. The van der Waals surface area contributed by atoms with E-state index in [-0.39, 0.29) is 6.04 Å². The minimum atomic E-state index is 0.153. The lowest BCUT2D eigenvalue weighted by Crippen LogP contribution is -2.38. The Kier molecular flexibility index (Phi) is 7.95. The number of ether oxygens (including phenoxy) is 3. The number of hydrogen-bond acceptors (Lipinski definition) is 5. The van der Waals surface area contributed by atoms with Crippen molar-refractivity contribution >= 4 is 5.96 Å². The quantitative estimate of drug-likeness (QED) is 0.509. The summed E-state index contributed by atoms with van der Waals surface area (Å²) >= 11 is 0. The fourth-order valence-electron chi connectivity index (χ4n) is 2.84. The van der Waals surface area contributed by atoms with Gasteiger partial charge in [0.25, 0.3) is 0 Å². The average Bonchev–Trinajstić information content (AvgIpc) is 2.72. The maximum absolute atomic E-state index is 6.06. The van der Waals surface area contributed by atoms with Crippen LogP contribution in [0.3, 0.4) is 0 Å². The van der Waals surface area contributed by atoms with E-state index in [4.69, 9.17) is 19.9 Å². The average molecular weight is 386 g/mol. The minimum absolute atomic E-state index is 0.153. The van der Waals surface area contributed by atoms with Crippen molar-refractivity contribution in [2.24, 2.45) is 10.7 Å². The molecule has 3 N–H and O–H groups in total. The number of nitrogens with one attached hydrogen (secondary N) is 1. The van der Waals surface area contributed by atoms with E-state index in [1.54, 1.807) is 21.3 Å². The maximum Gasteiger partial charge on any atom is 0.188 e. The van der Waals surface area contributed by atoms with Crippen LogP contribution >= 0.6 is 0 Å². The number of benzene rings is 2. The molecule has 1 atom stereocenters. The molecule has 0 saturated carbocycles. The molecule has 0 aliphatic carbocycles. The van der Waals surface area contributed by atoms with Gasteiger partial charge in [0, 0.05) is 6.54 Å². The molecule has 0 bridgehead atoms. The largest absolute Gasteiger partial charge is 0.497 e. The van der Waals surface area contributed by atoms with Crippen molar-refractivity contribution in [2.45, 2.75) is 12.6 Å². The minimum Gasteiger partial charge on any atom is -0.497 e. The molecule has 0 aliphatic rings. The normalized spacial score (nSPS) is 12.6. The van der Waals surface area contributed by atoms with Crippen molar-refractivity contribution in [1.82, 2.24) is 10.2 Å². The smallest absolute Gasteiger partial charge is 0.188 e. The number of nitrogens with zero attached hydrogens (tertiary/aromatic N) is 2. The van der Waals surface area contributed by atoms with Gasteiger partial charge in [-0.3, -0.25) is 0 Å². The summed E-state index contributed by atoms with van der Waals surface area (Å²) in [5.74, 6) is 2.60. The van der Waals surface area contributed by atoms with E-state index in [1.807, 2.05) is 44.4 Å². The highest BCUT2D eigenvalue weighted by atomic mass is 16.5. The van der Waals surface area contributed by atoms with Gasteiger partial charge in [-0.1, -0.05) is 18.2 Å². The first-order valence-corrected chi connectivity index (χ1v) is 9.03. The Labute approximate surface area is 167 Å². The molecule has 2 aromatic carbocycles. The molecule has 2 rings (SSSR count). The highest BCUT2D eigenvalue weighted by Crippen LogP contribution is 2.27. The van der Waals surface area contributed by atoms with Crippen LogP contribution in [0.2, 0.25) is 0 Å². The van der Waals surface area contributed by atoms with E-state index in [1.165, 1.54) is 5.56 Å². The zero-order valence-electron chi connectivity index (χ0n) is 17.2. The fraction of sp³-hybridized carbons (Fsp3) is 0.381. The van der Waals surface area contributed by atoms with Crippen molar-refractivity contribution in [2.75, 3.05) is 42.0 Å². The Morgan fingerprint density at radius 2 is 1.68 bits per heavy atom. The van der Waals surface area contributed by atoms with Crippen LogP contribution in [0.1, 0.15) is 17.2 Å². The zero-order chi connectivity index (χ0) is 20.5. The molecule has 0 radical (unpaired) electrons. The van der Waals surface area contributed by atoms with Gasteiger partial charge in [0.1, 0.15) is 5.75 Å². The third-order valence-corrected chi connectivity index (χ3v) is 4.48. The molecule has 0 aromatic heterocycles. The van der Waals surface area contributed by atoms with Crippen LogP contribution in [-0.4, -0.2) is 52.8 Å². The predicted octanol–water partition coefficient (Wildman–Crippen LogP) is 2.42. The summed E-state index contributed by atoms with van der Waals surface area (Å²) in [6.07, 6.45) is 0. The highest BCUT2D eigenvalue weighted by Gasteiger charge is 2.14. The van der Waals surface area contributed by atoms with E-state index in [9.17, 15) is 0 Å². The number of nitrogens with two attached hydrogens (primary N) is 1. The molecule has 0 heterocycles. The molecular formula is C21H30N4O3. The molecule has 0 spiro atoms. The molecule has 28 heavy (non-hydrogen) atoms. The molecule has 2 aromatic rings. The Hall–Kier alpha value is -2.93. The second kappa shape index (κ2) is 10.4. The molecular weight excluding hydrogens is 356 g/mol. The Bertz CT molecular complexity index is 776. The van der Waals surface area contributed by atoms with Gasteiger partial charge in [0.2, 0.25) is 0 Å². The van der Waals surface area contributed by atoms with Crippen LogP contribution in [0, 0.1) is 0 Å². The van der Waals surface area contributed by atoms with Crippen molar-refractivity contribution in [3.05, 3.63) is 53.6 Å². The number of aliphatic imine (C=N–C) groups is 1. The van der Waals surface area contributed by atoms with Gasteiger partial charge in [-0.2, -0.15) is 0 Å². The first-order valence-electron chi connectivity index (χ1n) is 9.03. The second-order valence-electron chi connectivity index (χ2n) is 6.52. The predicted molar refractivity (Wildman–Crippen MR) is 112 cm³/mol. The van der Waals surface area contributed by atoms with Crippen molar-refractivity contribution in [3.63, 3.8) is 0 Å². The lowest BCUT2D eigenvalue weighted by Gasteiger charge is -2.25. The van der Waals surface area contributed by atoms with Crippen LogP contribution in [0.25, 0.3) is 0 Å².